The highest BCUT2D eigenvalue weighted by Gasteiger charge is 2.23. The lowest BCUT2D eigenvalue weighted by Gasteiger charge is -2.34. The molecule has 2 rings (SSSR count). The second-order valence-electron chi connectivity index (χ2n) is 4.31. The summed E-state index contributed by atoms with van der Waals surface area (Å²) in [6.45, 7) is 1.77. The first kappa shape index (κ1) is 13.8. The van der Waals surface area contributed by atoms with Crippen LogP contribution in [0, 0.1) is 11.3 Å². The van der Waals surface area contributed by atoms with E-state index in [1.807, 2.05) is 12.1 Å². The normalized spacial score (nSPS) is 18.9. The number of carboxylic acids is 1. The van der Waals surface area contributed by atoms with Crippen molar-refractivity contribution in [3.8, 4) is 6.07 Å². The van der Waals surface area contributed by atoms with E-state index < -0.39 is 5.97 Å². The van der Waals surface area contributed by atoms with E-state index in [0.29, 0.717) is 25.3 Å². The maximum atomic E-state index is 10.7. The van der Waals surface area contributed by atoms with Gasteiger partial charge < -0.3 is 14.7 Å². The number of carbonyl (C=O) groups is 1. The van der Waals surface area contributed by atoms with Crippen LogP contribution in [0.4, 0.5) is 5.69 Å². The van der Waals surface area contributed by atoms with Crippen molar-refractivity contribution >= 4 is 27.6 Å². The van der Waals surface area contributed by atoms with E-state index in [2.05, 4.69) is 26.9 Å². The van der Waals surface area contributed by atoms with Gasteiger partial charge in [0.05, 0.1) is 24.7 Å². The maximum Gasteiger partial charge on any atom is 0.306 e. The Morgan fingerprint density at radius 1 is 1.63 bits per heavy atom. The van der Waals surface area contributed by atoms with Crippen LogP contribution in [0.3, 0.4) is 0 Å². The van der Waals surface area contributed by atoms with Crippen molar-refractivity contribution in [3.05, 3.63) is 28.2 Å². The van der Waals surface area contributed by atoms with Crippen molar-refractivity contribution in [1.82, 2.24) is 0 Å². The van der Waals surface area contributed by atoms with E-state index in [1.54, 1.807) is 6.07 Å². The van der Waals surface area contributed by atoms with Gasteiger partial charge in [0.1, 0.15) is 6.07 Å². The van der Waals surface area contributed by atoms with Gasteiger partial charge in [-0.3, -0.25) is 4.79 Å². The molecule has 0 radical (unpaired) electrons. The van der Waals surface area contributed by atoms with Crippen molar-refractivity contribution in [3.63, 3.8) is 0 Å². The highest BCUT2D eigenvalue weighted by Crippen LogP contribution is 2.25. The molecular weight excluding hydrogens is 312 g/mol. The van der Waals surface area contributed by atoms with Crippen molar-refractivity contribution in [2.75, 3.05) is 24.6 Å². The number of hydrogen-bond donors (Lipinski definition) is 1. The Morgan fingerprint density at radius 3 is 3.05 bits per heavy atom. The van der Waals surface area contributed by atoms with Crippen LogP contribution >= 0.6 is 15.9 Å². The number of ether oxygens (including phenoxy) is 1. The van der Waals surface area contributed by atoms with E-state index in [4.69, 9.17) is 15.1 Å². The first-order valence-electron chi connectivity index (χ1n) is 5.88. The molecule has 0 saturated carbocycles. The smallest absolute Gasteiger partial charge is 0.306 e. The van der Waals surface area contributed by atoms with E-state index in [-0.39, 0.29) is 12.5 Å². The molecule has 0 spiro atoms. The van der Waals surface area contributed by atoms with Gasteiger partial charge in [-0.2, -0.15) is 5.26 Å². The van der Waals surface area contributed by atoms with Crippen LogP contribution in [0.2, 0.25) is 0 Å². The summed E-state index contributed by atoms with van der Waals surface area (Å²) in [7, 11) is 0. The molecular formula is C13H13BrN2O3. The van der Waals surface area contributed by atoms with Crippen LogP contribution in [0.25, 0.3) is 0 Å². The number of benzene rings is 1. The van der Waals surface area contributed by atoms with E-state index in [0.717, 1.165) is 10.2 Å². The fraction of sp³-hybridized carbons (Fsp3) is 0.385. The summed E-state index contributed by atoms with van der Waals surface area (Å²) in [5.74, 6) is -0.854. The Morgan fingerprint density at radius 2 is 2.42 bits per heavy atom. The van der Waals surface area contributed by atoms with Gasteiger partial charge in [0.15, 0.2) is 0 Å². The summed E-state index contributed by atoms with van der Waals surface area (Å²) < 4.78 is 6.17. The van der Waals surface area contributed by atoms with Crippen LogP contribution in [0.5, 0.6) is 0 Å². The number of aliphatic carboxylic acids is 1. The molecule has 6 heteroatoms. The van der Waals surface area contributed by atoms with Crippen LogP contribution in [-0.2, 0) is 9.53 Å². The van der Waals surface area contributed by atoms with Crippen LogP contribution < -0.4 is 4.90 Å². The zero-order chi connectivity index (χ0) is 13.8. The third-order valence-corrected chi connectivity index (χ3v) is 3.64. The average Bonchev–Trinajstić information content (AvgIpc) is 2.38. The Labute approximate surface area is 119 Å². The predicted octanol–water partition coefficient (Wildman–Crippen LogP) is 2.00. The fourth-order valence-electron chi connectivity index (χ4n) is 2.06. The lowest BCUT2D eigenvalue weighted by atomic mass is 10.1. The number of carboxylic acid groups (broad SMARTS) is 1. The Balaban J connectivity index is 2.11. The number of hydrogen-bond acceptors (Lipinski definition) is 4. The molecule has 1 aromatic rings. The van der Waals surface area contributed by atoms with Gasteiger partial charge in [-0.25, -0.2) is 0 Å². The number of nitrogens with zero attached hydrogens (tertiary/aromatic N) is 2. The lowest BCUT2D eigenvalue weighted by molar-refractivity contribution is -0.140. The summed E-state index contributed by atoms with van der Waals surface area (Å²) >= 11 is 3.35. The van der Waals surface area contributed by atoms with Gasteiger partial charge in [-0.15, -0.1) is 0 Å². The van der Waals surface area contributed by atoms with Crippen molar-refractivity contribution in [2.45, 2.75) is 12.5 Å². The molecule has 1 saturated heterocycles. The van der Waals surface area contributed by atoms with Gasteiger partial charge in [0.2, 0.25) is 0 Å². The number of nitriles is 1. The highest BCUT2D eigenvalue weighted by atomic mass is 79.9. The van der Waals surface area contributed by atoms with Crippen LogP contribution in [0.15, 0.2) is 22.7 Å². The molecule has 1 aliphatic rings. The molecule has 1 aliphatic heterocycles. The summed E-state index contributed by atoms with van der Waals surface area (Å²) in [4.78, 5) is 12.8. The summed E-state index contributed by atoms with van der Waals surface area (Å²) in [5, 5.41) is 17.7. The molecule has 0 bridgehead atoms. The van der Waals surface area contributed by atoms with Gasteiger partial charge in [0.25, 0.3) is 0 Å². The summed E-state index contributed by atoms with van der Waals surface area (Å²) in [6, 6.07) is 7.59. The van der Waals surface area contributed by atoms with Gasteiger partial charge in [0, 0.05) is 23.2 Å². The largest absolute Gasteiger partial charge is 0.481 e. The van der Waals surface area contributed by atoms with Crippen LogP contribution in [-0.4, -0.2) is 36.9 Å². The fourth-order valence-corrected chi connectivity index (χ4v) is 2.52. The minimum Gasteiger partial charge on any atom is -0.481 e. The first-order chi connectivity index (χ1) is 9.10. The number of anilines is 1. The molecule has 1 fully saturated rings. The molecule has 1 heterocycles. The zero-order valence-electron chi connectivity index (χ0n) is 10.2. The number of halogens is 1. The number of morpholine rings is 1. The van der Waals surface area contributed by atoms with E-state index in [1.165, 1.54) is 0 Å². The van der Waals surface area contributed by atoms with E-state index >= 15 is 0 Å². The minimum absolute atomic E-state index is 0.00789. The minimum atomic E-state index is -0.854. The molecule has 1 aromatic carbocycles. The topological polar surface area (TPSA) is 73.6 Å². The third kappa shape index (κ3) is 3.46. The van der Waals surface area contributed by atoms with Crippen molar-refractivity contribution in [2.24, 2.45) is 0 Å². The molecule has 0 amide bonds. The Hall–Kier alpha value is -1.58. The Bertz CT molecular complexity index is 527. The Kier molecular flexibility index (Phi) is 4.40. The van der Waals surface area contributed by atoms with Crippen molar-refractivity contribution in [1.29, 1.82) is 5.26 Å². The maximum absolute atomic E-state index is 10.7. The number of rotatable bonds is 3. The van der Waals surface area contributed by atoms with Gasteiger partial charge >= 0.3 is 5.97 Å². The van der Waals surface area contributed by atoms with Crippen LogP contribution in [0.1, 0.15) is 12.0 Å². The third-order valence-electron chi connectivity index (χ3n) is 2.98. The molecule has 1 atom stereocenters. The summed E-state index contributed by atoms with van der Waals surface area (Å²) in [5.41, 5.74) is 1.55. The molecule has 5 nitrogen and oxygen atoms in total. The predicted molar refractivity (Wildman–Crippen MR) is 73.1 cm³/mol. The van der Waals surface area contributed by atoms with E-state index in [9.17, 15) is 4.79 Å². The van der Waals surface area contributed by atoms with Crippen molar-refractivity contribution < 1.29 is 14.6 Å². The zero-order valence-corrected chi connectivity index (χ0v) is 11.8. The highest BCUT2D eigenvalue weighted by molar-refractivity contribution is 9.10. The molecule has 100 valence electrons. The quantitative estimate of drug-likeness (QED) is 0.920. The molecule has 1 N–H and O–H groups in total. The molecule has 1 unspecified atom stereocenters. The van der Waals surface area contributed by atoms with Gasteiger partial charge in [-0.1, -0.05) is 0 Å². The lowest BCUT2D eigenvalue weighted by Crippen LogP contribution is -2.43. The van der Waals surface area contributed by atoms with Gasteiger partial charge in [-0.05, 0) is 34.1 Å². The monoisotopic (exact) mass is 324 g/mol. The second kappa shape index (κ2) is 6.04. The molecule has 0 aliphatic carbocycles. The standard InChI is InChI=1S/C13H13BrN2O3/c14-12-5-10(2-1-9(12)7-15)16-3-4-19-11(8-16)6-13(17)18/h1-2,5,11H,3-4,6,8H2,(H,17,18). The SMILES string of the molecule is N#Cc1ccc(N2CCOC(CC(=O)O)C2)cc1Br. The second-order valence-corrected chi connectivity index (χ2v) is 5.17. The first-order valence-corrected chi connectivity index (χ1v) is 6.67. The summed E-state index contributed by atoms with van der Waals surface area (Å²) in [6.07, 6.45) is -0.283. The molecule has 19 heavy (non-hydrogen) atoms. The molecule has 0 aromatic heterocycles. The average molecular weight is 325 g/mol.